The van der Waals surface area contributed by atoms with Gasteiger partial charge < -0.3 is 9.59 Å². The monoisotopic (exact) mass is 248 g/mol. The number of phenolic OH excluding ortho intramolecular Hbond substituents is 1. The first kappa shape index (κ1) is 12.6. The maximum Gasteiger partial charge on any atom is 0.152 e. The highest BCUT2D eigenvalue weighted by molar-refractivity contribution is 6.37. The van der Waals surface area contributed by atoms with E-state index in [2.05, 4.69) is 21.1 Å². The Bertz CT molecular complexity index is 335. The maximum absolute atomic E-state index is 9.39. The second kappa shape index (κ2) is 4.60. The molecule has 0 saturated carbocycles. The molecule has 84 valence electrons. The highest BCUT2D eigenvalue weighted by Gasteiger charge is 2.10. The lowest BCUT2D eigenvalue weighted by Gasteiger charge is -2.23. The highest BCUT2D eigenvalue weighted by Crippen LogP contribution is 2.32. The Morgan fingerprint density at radius 1 is 1.13 bits per heavy atom. The molecule has 4 heteroatoms. The van der Waals surface area contributed by atoms with Crippen molar-refractivity contribution in [3.63, 3.8) is 0 Å². The van der Waals surface area contributed by atoms with Crippen molar-refractivity contribution in [3.05, 3.63) is 27.7 Å². The van der Waals surface area contributed by atoms with Crippen LogP contribution in [0.2, 0.25) is 10.0 Å². The molecule has 15 heavy (non-hydrogen) atoms. The zero-order valence-electron chi connectivity index (χ0n) is 9.22. The molecule has 0 amide bonds. The molecule has 0 saturated heterocycles. The van der Waals surface area contributed by atoms with Gasteiger partial charge in [-0.3, -0.25) is 0 Å². The summed E-state index contributed by atoms with van der Waals surface area (Å²) in [6, 6.07) is 3.52. The van der Waals surface area contributed by atoms with E-state index in [-0.39, 0.29) is 5.75 Å². The predicted molar refractivity (Wildman–Crippen MR) is 64.7 cm³/mol. The molecule has 1 N–H and O–H groups in total. The van der Waals surface area contributed by atoms with E-state index in [4.69, 9.17) is 23.2 Å². The summed E-state index contributed by atoms with van der Waals surface area (Å²) >= 11 is 11.7. The number of benzene rings is 1. The smallest absolute Gasteiger partial charge is 0.152 e. The first-order chi connectivity index (χ1) is 6.79. The molecule has 0 aliphatic heterocycles. The predicted octanol–water partition coefficient (Wildman–Crippen LogP) is 2.95. The molecule has 1 rings (SSSR count). The van der Waals surface area contributed by atoms with Crippen molar-refractivity contribution >= 4 is 23.2 Å². The van der Waals surface area contributed by atoms with Gasteiger partial charge in [-0.1, -0.05) is 23.2 Å². The first-order valence-electron chi connectivity index (χ1n) is 4.77. The molecule has 0 aliphatic carbocycles. The van der Waals surface area contributed by atoms with Gasteiger partial charge in [-0.05, 0) is 17.7 Å². The van der Waals surface area contributed by atoms with Gasteiger partial charge in [0.15, 0.2) is 5.75 Å². The average molecular weight is 249 g/mol. The van der Waals surface area contributed by atoms with Gasteiger partial charge in [0.05, 0.1) is 37.7 Å². The molecule has 0 heterocycles. The van der Waals surface area contributed by atoms with E-state index < -0.39 is 0 Å². The summed E-state index contributed by atoms with van der Waals surface area (Å²) in [5, 5.41) is 10.0. The number of hydrogen-bond donors (Lipinski definition) is 1. The van der Waals surface area contributed by atoms with Crippen LogP contribution >= 0.6 is 23.2 Å². The van der Waals surface area contributed by atoms with Gasteiger partial charge in [0.1, 0.15) is 0 Å². The zero-order chi connectivity index (χ0) is 11.6. The van der Waals surface area contributed by atoms with Crippen LogP contribution in [0, 0.1) is 0 Å². The van der Waals surface area contributed by atoms with Crippen molar-refractivity contribution in [2.24, 2.45) is 0 Å². The number of quaternary nitrogens is 1. The number of aromatic hydroxyl groups is 1. The van der Waals surface area contributed by atoms with E-state index in [1.54, 1.807) is 12.1 Å². The molecule has 0 aromatic heterocycles. The Hall–Kier alpha value is -0.440. The molecule has 0 fully saturated rings. The molecule has 0 bridgehead atoms. The second-order valence-corrected chi connectivity index (χ2v) is 5.49. The van der Waals surface area contributed by atoms with Crippen molar-refractivity contribution in [2.75, 3.05) is 27.7 Å². The Morgan fingerprint density at radius 3 is 2.00 bits per heavy atom. The van der Waals surface area contributed by atoms with Crippen LogP contribution in [-0.2, 0) is 6.42 Å². The molecular weight excluding hydrogens is 233 g/mol. The summed E-state index contributed by atoms with van der Waals surface area (Å²) in [5.74, 6) is -0.0349. The minimum atomic E-state index is -0.0349. The third kappa shape index (κ3) is 3.90. The molecule has 0 spiro atoms. The Morgan fingerprint density at radius 2 is 1.60 bits per heavy atom. The summed E-state index contributed by atoms with van der Waals surface area (Å²) in [6.07, 6.45) is 0.892. The van der Waals surface area contributed by atoms with E-state index >= 15 is 0 Å². The van der Waals surface area contributed by atoms with Gasteiger partial charge in [0, 0.05) is 6.42 Å². The Kier molecular flexibility index (Phi) is 3.87. The van der Waals surface area contributed by atoms with Gasteiger partial charge in [-0.2, -0.15) is 0 Å². The summed E-state index contributed by atoms with van der Waals surface area (Å²) in [6.45, 7) is 0.997. The lowest BCUT2D eigenvalue weighted by Crippen LogP contribution is -2.36. The maximum atomic E-state index is 9.39. The molecule has 1 aromatic rings. The molecule has 1 aromatic carbocycles. The second-order valence-electron chi connectivity index (χ2n) is 4.67. The summed E-state index contributed by atoms with van der Waals surface area (Å²) in [5.41, 5.74) is 1.05. The number of rotatable bonds is 3. The Labute approximate surface area is 101 Å². The van der Waals surface area contributed by atoms with E-state index in [0.29, 0.717) is 10.0 Å². The standard InChI is InChI=1S/C11H15Cl2NO/c1-14(2,3)5-4-8-6-9(12)11(15)10(13)7-8/h6-7H,4-5H2,1-3H3/p+1. The zero-order valence-corrected chi connectivity index (χ0v) is 10.7. The van der Waals surface area contributed by atoms with Crippen molar-refractivity contribution in [3.8, 4) is 5.75 Å². The van der Waals surface area contributed by atoms with Crippen LogP contribution in [0.5, 0.6) is 5.75 Å². The largest absolute Gasteiger partial charge is 0.505 e. The average Bonchev–Trinajstić information content (AvgIpc) is 2.09. The lowest BCUT2D eigenvalue weighted by atomic mass is 10.1. The van der Waals surface area contributed by atoms with Crippen molar-refractivity contribution in [1.82, 2.24) is 0 Å². The van der Waals surface area contributed by atoms with Gasteiger partial charge in [0.2, 0.25) is 0 Å². The van der Waals surface area contributed by atoms with Crippen molar-refractivity contribution in [1.29, 1.82) is 0 Å². The normalized spacial score (nSPS) is 11.8. The third-order valence-corrected chi connectivity index (χ3v) is 2.72. The quantitative estimate of drug-likeness (QED) is 0.816. The lowest BCUT2D eigenvalue weighted by molar-refractivity contribution is -0.870. The molecule has 0 aliphatic rings. The molecule has 0 unspecified atom stereocenters. The molecule has 2 nitrogen and oxygen atoms in total. The van der Waals surface area contributed by atoms with Crippen LogP contribution in [0.1, 0.15) is 5.56 Å². The van der Waals surface area contributed by atoms with Crippen LogP contribution < -0.4 is 0 Å². The van der Waals surface area contributed by atoms with Crippen molar-refractivity contribution in [2.45, 2.75) is 6.42 Å². The van der Waals surface area contributed by atoms with E-state index in [9.17, 15) is 5.11 Å². The van der Waals surface area contributed by atoms with Crippen LogP contribution in [0.3, 0.4) is 0 Å². The van der Waals surface area contributed by atoms with Crippen LogP contribution in [0.15, 0.2) is 12.1 Å². The number of phenols is 1. The summed E-state index contributed by atoms with van der Waals surface area (Å²) in [4.78, 5) is 0. The number of hydrogen-bond acceptors (Lipinski definition) is 1. The number of likely N-dealkylation sites (N-methyl/N-ethyl adjacent to an activating group) is 1. The minimum absolute atomic E-state index is 0.0349. The van der Waals surface area contributed by atoms with Crippen LogP contribution in [0.4, 0.5) is 0 Å². The fraction of sp³-hybridized carbons (Fsp3) is 0.455. The molecule has 0 radical (unpaired) electrons. The Balaban J connectivity index is 2.80. The van der Waals surface area contributed by atoms with Gasteiger partial charge in [-0.25, -0.2) is 0 Å². The van der Waals surface area contributed by atoms with Gasteiger partial charge in [-0.15, -0.1) is 0 Å². The van der Waals surface area contributed by atoms with Crippen LogP contribution in [0.25, 0.3) is 0 Å². The number of nitrogens with zero attached hydrogens (tertiary/aromatic N) is 1. The fourth-order valence-corrected chi connectivity index (χ4v) is 1.76. The first-order valence-corrected chi connectivity index (χ1v) is 5.52. The molecular formula is C11H16Cl2NO+. The fourth-order valence-electron chi connectivity index (χ4n) is 1.23. The van der Waals surface area contributed by atoms with Gasteiger partial charge >= 0.3 is 0 Å². The van der Waals surface area contributed by atoms with Crippen LogP contribution in [-0.4, -0.2) is 37.3 Å². The SMILES string of the molecule is C[N+](C)(C)CCc1cc(Cl)c(O)c(Cl)c1. The third-order valence-electron chi connectivity index (χ3n) is 2.15. The highest BCUT2D eigenvalue weighted by atomic mass is 35.5. The van der Waals surface area contributed by atoms with Gasteiger partial charge in [0.25, 0.3) is 0 Å². The number of halogens is 2. The molecule has 0 atom stereocenters. The van der Waals surface area contributed by atoms with Crippen molar-refractivity contribution < 1.29 is 9.59 Å². The minimum Gasteiger partial charge on any atom is -0.505 e. The topological polar surface area (TPSA) is 20.2 Å². The van der Waals surface area contributed by atoms with E-state index in [1.165, 1.54) is 0 Å². The summed E-state index contributed by atoms with van der Waals surface area (Å²) in [7, 11) is 6.39. The van der Waals surface area contributed by atoms with E-state index in [0.717, 1.165) is 23.0 Å². The summed E-state index contributed by atoms with van der Waals surface area (Å²) < 4.78 is 0.885. The van der Waals surface area contributed by atoms with E-state index in [1.807, 2.05) is 0 Å².